The predicted octanol–water partition coefficient (Wildman–Crippen LogP) is 22.3. The molecule has 0 aliphatic carbocycles. The van der Waals surface area contributed by atoms with Crippen molar-refractivity contribution in [1.29, 1.82) is 0 Å². The van der Waals surface area contributed by atoms with E-state index in [1.165, 1.54) is 25.7 Å². The molecule has 10 heteroatoms. The summed E-state index contributed by atoms with van der Waals surface area (Å²) in [7, 11) is -4.42. The minimum Gasteiger partial charge on any atom is -0.462 e. The minimum absolute atomic E-state index is 0.0371. The van der Waals surface area contributed by atoms with E-state index >= 15 is 0 Å². The number of hydrogen-bond donors (Lipinski definition) is 2. The van der Waals surface area contributed by atoms with Gasteiger partial charge in [-0.05, 0) is 148 Å². The zero-order valence-electron chi connectivity index (χ0n) is 54.4. The molecule has 87 heavy (non-hydrogen) atoms. The summed E-state index contributed by atoms with van der Waals surface area (Å²) in [5.41, 5.74) is 5.39. The lowest BCUT2D eigenvalue weighted by Gasteiger charge is -2.19. The number of nitrogens with two attached hydrogens (primary N) is 1. The number of carbonyl (C=O) groups is 2. The van der Waals surface area contributed by atoms with Crippen molar-refractivity contribution in [2.75, 3.05) is 26.4 Å². The highest BCUT2D eigenvalue weighted by molar-refractivity contribution is 7.47. The Kier molecular flexibility index (Phi) is 65.4. The van der Waals surface area contributed by atoms with Crippen molar-refractivity contribution in [2.24, 2.45) is 5.73 Å². The molecule has 0 aromatic rings. The number of esters is 2. The summed E-state index contributed by atoms with van der Waals surface area (Å²) in [4.78, 5) is 35.3. The second-order valence-electron chi connectivity index (χ2n) is 21.2. The second kappa shape index (κ2) is 69.7. The van der Waals surface area contributed by atoms with Gasteiger partial charge in [0.1, 0.15) is 6.61 Å². The minimum atomic E-state index is -4.42. The van der Waals surface area contributed by atoms with Crippen molar-refractivity contribution in [3.05, 3.63) is 207 Å². The van der Waals surface area contributed by atoms with Crippen LogP contribution in [0, 0.1) is 0 Å². The van der Waals surface area contributed by atoms with Gasteiger partial charge in [-0.25, -0.2) is 4.57 Å². The number of allylic oxidation sites excluding steroid dienone is 34. The van der Waals surface area contributed by atoms with Crippen LogP contribution in [0.4, 0.5) is 0 Å². The summed E-state index contributed by atoms with van der Waals surface area (Å²) in [6, 6.07) is 0. The van der Waals surface area contributed by atoms with Crippen molar-refractivity contribution >= 4 is 19.8 Å². The second-order valence-corrected chi connectivity index (χ2v) is 22.7. The normalized spacial score (nSPS) is 14.3. The Morgan fingerprint density at radius 2 is 0.598 bits per heavy atom. The number of unbranched alkanes of at least 4 members (excludes halogenated alkanes) is 13. The van der Waals surface area contributed by atoms with E-state index in [-0.39, 0.29) is 32.6 Å². The Balaban J connectivity index is 4.07. The molecular formula is C77H120NO8P. The van der Waals surface area contributed by atoms with Crippen molar-refractivity contribution < 1.29 is 37.6 Å². The first-order valence-corrected chi connectivity index (χ1v) is 35.1. The van der Waals surface area contributed by atoms with Gasteiger partial charge in [-0.3, -0.25) is 18.6 Å². The lowest BCUT2D eigenvalue weighted by Crippen LogP contribution is -2.29. The Labute approximate surface area is 531 Å². The predicted molar refractivity (Wildman–Crippen MR) is 375 cm³/mol. The van der Waals surface area contributed by atoms with Gasteiger partial charge in [-0.1, -0.05) is 278 Å². The molecule has 0 aliphatic rings. The van der Waals surface area contributed by atoms with Gasteiger partial charge in [0.2, 0.25) is 0 Å². The van der Waals surface area contributed by atoms with Crippen molar-refractivity contribution in [3.63, 3.8) is 0 Å². The highest BCUT2D eigenvalue weighted by Crippen LogP contribution is 2.43. The van der Waals surface area contributed by atoms with E-state index in [1.807, 2.05) is 0 Å². The van der Waals surface area contributed by atoms with Crippen LogP contribution in [-0.2, 0) is 32.7 Å². The van der Waals surface area contributed by atoms with Crippen LogP contribution in [0.15, 0.2) is 207 Å². The molecule has 0 saturated carbocycles. The summed E-state index contributed by atoms with van der Waals surface area (Å²) in [5.74, 6) is -0.876. The van der Waals surface area contributed by atoms with Gasteiger partial charge in [0.15, 0.2) is 6.10 Å². The molecule has 9 nitrogen and oxygen atoms in total. The molecule has 0 aliphatic heterocycles. The van der Waals surface area contributed by atoms with Gasteiger partial charge < -0.3 is 20.1 Å². The molecular weight excluding hydrogens is 1100 g/mol. The van der Waals surface area contributed by atoms with Gasteiger partial charge in [0, 0.05) is 19.4 Å². The number of ether oxygens (including phenoxy) is 2. The van der Waals surface area contributed by atoms with Crippen LogP contribution in [0.1, 0.15) is 232 Å². The summed E-state index contributed by atoms with van der Waals surface area (Å²) in [6.07, 6.45) is 107. The quantitative estimate of drug-likeness (QED) is 0.0264. The molecule has 2 unspecified atom stereocenters. The molecule has 486 valence electrons. The van der Waals surface area contributed by atoms with Gasteiger partial charge in [0.25, 0.3) is 0 Å². The van der Waals surface area contributed by atoms with Gasteiger partial charge in [0.05, 0.1) is 13.2 Å². The molecule has 0 spiro atoms. The Bertz CT molecular complexity index is 2180. The molecule has 0 saturated heterocycles. The van der Waals surface area contributed by atoms with Gasteiger partial charge >= 0.3 is 19.8 Å². The molecule has 0 amide bonds. The van der Waals surface area contributed by atoms with Crippen LogP contribution in [-0.4, -0.2) is 49.3 Å². The van der Waals surface area contributed by atoms with Crippen molar-refractivity contribution in [1.82, 2.24) is 0 Å². The zero-order chi connectivity index (χ0) is 63.0. The van der Waals surface area contributed by atoms with Crippen molar-refractivity contribution in [2.45, 2.75) is 238 Å². The fraction of sp³-hybridized carbons (Fsp3) is 0.532. The highest BCUT2D eigenvalue weighted by Gasteiger charge is 2.26. The standard InChI is InChI=1S/C77H120NO8P/c1-3-5-7-9-11-13-15-17-19-21-23-25-27-29-31-32-33-34-35-36-37-38-39-40-41-42-44-46-48-50-52-54-56-58-60-62-64-66-68-70-77(80)86-75(74-85-87(81,82)84-72-71-78)73-83-76(79)69-67-65-63-61-59-57-55-53-51-49-47-45-43-30-28-26-24-22-20-18-16-14-12-10-8-6-4-2/h5-8,11-14,17-20,23-26,29-31,33-34,36-37,39-40,42-44,47-50,54,56,75H,3-4,9-10,15-16,21-22,27-28,32,35,38,41,45-46,51-53,55,57-74,78H2,1-2H3,(H,81,82)/b7-5-,8-6-,13-11-,14-12-,19-17-,20-18-,25-23-,26-24-,31-29-,34-33-,37-36-,40-39-,43-30-,44-42-,49-47-,50-48-,56-54-. The average molecular weight is 1220 g/mol. The largest absolute Gasteiger partial charge is 0.472 e. The number of carbonyl (C=O) groups excluding carboxylic acids is 2. The maximum atomic E-state index is 12.8. The molecule has 0 bridgehead atoms. The van der Waals surface area contributed by atoms with Crippen LogP contribution < -0.4 is 5.73 Å². The molecule has 0 aromatic carbocycles. The third-order valence-corrected chi connectivity index (χ3v) is 14.1. The molecule has 0 fully saturated rings. The van der Waals surface area contributed by atoms with E-state index < -0.39 is 32.5 Å². The lowest BCUT2D eigenvalue weighted by molar-refractivity contribution is -0.161. The number of rotatable bonds is 60. The molecule has 0 rings (SSSR count). The van der Waals surface area contributed by atoms with Crippen LogP contribution in [0.5, 0.6) is 0 Å². The van der Waals surface area contributed by atoms with Crippen molar-refractivity contribution in [3.8, 4) is 0 Å². The maximum Gasteiger partial charge on any atom is 0.472 e. The summed E-state index contributed by atoms with van der Waals surface area (Å²) < 4.78 is 33.1. The van der Waals surface area contributed by atoms with E-state index in [1.54, 1.807) is 0 Å². The van der Waals surface area contributed by atoms with E-state index in [9.17, 15) is 19.0 Å². The fourth-order valence-corrected chi connectivity index (χ4v) is 9.06. The van der Waals surface area contributed by atoms with Crippen LogP contribution in [0.3, 0.4) is 0 Å². The highest BCUT2D eigenvalue weighted by atomic mass is 31.2. The van der Waals surface area contributed by atoms with Gasteiger partial charge in [-0.2, -0.15) is 0 Å². The summed E-state index contributed by atoms with van der Waals surface area (Å²) in [6.45, 7) is 3.46. The number of hydrogen-bond acceptors (Lipinski definition) is 8. The third kappa shape index (κ3) is 69.6. The summed E-state index contributed by atoms with van der Waals surface area (Å²) in [5, 5.41) is 0. The Hall–Kier alpha value is -5.41. The lowest BCUT2D eigenvalue weighted by atomic mass is 10.1. The van der Waals surface area contributed by atoms with Crippen LogP contribution in [0.2, 0.25) is 0 Å². The van der Waals surface area contributed by atoms with E-state index in [4.69, 9.17) is 24.3 Å². The van der Waals surface area contributed by atoms with E-state index in [0.29, 0.717) is 12.8 Å². The van der Waals surface area contributed by atoms with E-state index in [2.05, 4.69) is 220 Å². The molecule has 0 radical (unpaired) electrons. The maximum absolute atomic E-state index is 12.8. The fourth-order valence-electron chi connectivity index (χ4n) is 8.29. The SMILES string of the molecule is CC/C=C\C/C=C\C/C=C\C/C=C\C/C=C\C/C=C\C/C=C\C/C=C\C/C=C\C/C=C\C/C=C\CCCCCCCC(=O)OC(COC(=O)CCCCCCCCCC/C=C\C/C=C\C/C=C\C/C=C\C/C=C\C/C=C\CC)COP(=O)(O)OCCN. The molecule has 0 heterocycles. The number of phosphoric ester groups is 1. The topological polar surface area (TPSA) is 134 Å². The summed E-state index contributed by atoms with van der Waals surface area (Å²) >= 11 is 0. The molecule has 3 N–H and O–H groups in total. The third-order valence-electron chi connectivity index (χ3n) is 13.2. The Morgan fingerprint density at radius 1 is 0.345 bits per heavy atom. The number of phosphoric acid groups is 1. The van der Waals surface area contributed by atoms with Gasteiger partial charge in [-0.15, -0.1) is 0 Å². The first-order chi connectivity index (χ1) is 42.8. The first-order valence-electron chi connectivity index (χ1n) is 33.6. The van der Waals surface area contributed by atoms with Crippen LogP contribution in [0.25, 0.3) is 0 Å². The van der Waals surface area contributed by atoms with E-state index in [0.717, 1.165) is 167 Å². The first kappa shape index (κ1) is 81.6. The molecule has 2 atom stereocenters. The smallest absolute Gasteiger partial charge is 0.462 e. The molecule has 0 aromatic heterocycles. The van der Waals surface area contributed by atoms with Crippen LogP contribution >= 0.6 is 7.82 Å². The monoisotopic (exact) mass is 1220 g/mol. The Morgan fingerprint density at radius 3 is 0.885 bits per heavy atom. The average Bonchev–Trinajstić information content (AvgIpc) is 3.64. The zero-order valence-corrected chi connectivity index (χ0v) is 55.3.